The molecule has 0 radical (unpaired) electrons. The quantitative estimate of drug-likeness (QED) is 0.105. The molecule has 5 amide bonds. The molecule has 0 aliphatic carbocycles. The maximum Gasteiger partial charge on any atom is 0.325 e. The molecule has 0 heterocycles. The smallest absolute Gasteiger partial charge is 0.325 e. The summed E-state index contributed by atoms with van der Waals surface area (Å²) in [5.74, 6) is -5.32. The lowest BCUT2D eigenvalue weighted by Crippen LogP contribution is -2.57. The van der Waals surface area contributed by atoms with Crippen LogP contribution in [0.25, 0.3) is 0 Å². The van der Waals surface area contributed by atoms with E-state index in [9.17, 15) is 28.8 Å². The van der Waals surface area contributed by atoms with Crippen molar-refractivity contribution in [3.05, 3.63) is 0 Å². The molecule has 32 heavy (non-hydrogen) atoms. The molecule has 0 bridgehead atoms. The minimum Gasteiger partial charge on any atom is -0.480 e. The Balaban J connectivity index is 5.35. The molecule has 0 saturated heterocycles. The first kappa shape index (κ1) is 28.7. The van der Waals surface area contributed by atoms with Gasteiger partial charge >= 0.3 is 5.97 Å². The number of nitrogens with two attached hydrogens (primary N) is 4. The largest absolute Gasteiger partial charge is 0.480 e. The van der Waals surface area contributed by atoms with E-state index in [1.54, 1.807) is 0 Å². The van der Waals surface area contributed by atoms with Gasteiger partial charge in [-0.1, -0.05) is 0 Å². The number of carbonyl (C=O) groups is 6. The molecule has 0 spiro atoms. The van der Waals surface area contributed by atoms with Gasteiger partial charge in [-0.15, -0.1) is 0 Å². The fourth-order valence-electron chi connectivity index (χ4n) is 2.53. The number of carbonyl (C=O) groups excluding carboxylic acids is 5. The summed E-state index contributed by atoms with van der Waals surface area (Å²) in [6.45, 7) is 1.55. The van der Waals surface area contributed by atoms with E-state index in [-0.39, 0.29) is 19.3 Å². The lowest BCUT2D eigenvalue weighted by Gasteiger charge is -2.24. The van der Waals surface area contributed by atoms with Crippen LogP contribution in [0.1, 0.15) is 45.4 Å². The summed E-state index contributed by atoms with van der Waals surface area (Å²) < 4.78 is 0. The van der Waals surface area contributed by atoms with Crippen molar-refractivity contribution in [2.24, 2.45) is 22.9 Å². The predicted molar refractivity (Wildman–Crippen MR) is 112 cm³/mol. The Labute approximate surface area is 185 Å². The average molecular weight is 460 g/mol. The average Bonchev–Trinajstić information content (AvgIpc) is 2.69. The Kier molecular flexibility index (Phi) is 13.2. The molecule has 14 nitrogen and oxygen atoms in total. The molecule has 12 N–H and O–H groups in total. The Morgan fingerprint density at radius 3 is 1.88 bits per heavy atom. The fourth-order valence-corrected chi connectivity index (χ4v) is 2.53. The van der Waals surface area contributed by atoms with Gasteiger partial charge in [0.1, 0.15) is 18.1 Å². The van der Waals surface area contributed by atoms with Crippen molar-refractivity contribution >= 4 is 35.5 Å². The van der Waals surface area contributed by atoms with Crippen LogP contribution in [0.15, 0.2) is 0 Å². The Bertz CT molecular complexity index is 701. The van der Waals surface area contributed by atoms with E-state index in [0.717, 1.165) is 0 Å². The molecule has 4 unspecified atom stereocenters. The van der Waals surface area contributed by atoms with Crippen LogP contribution < -0.4 is 38.9 Å². The maximum absolute atomic E-state index is 12.8. The summed E-state index contributed by atoms with van der Waals surface area (Å²) >= 11 is 0. The molecule has 0 rings (SSSR count). The van der Waals surface area contributed by atoms with Crippen LogP contribution in [0.4, 0.5) is 0 Å². The molecule has 0 aliphatic rings. The number of amides is 5. The second-order valence-corrected chi connectivity index (χ2v) is 7.26. The van der Waals surface area contributed by atoms with Crippen LogP contribution in [-0.4, -0.2) is 71.3 Å². The zero-order valence-electron chi connectivity index (χ0n) is 18.0. The van der Waals surface area contributed by atoms with Gasteiger partial charge < -0.3 is 44.0 Å². The highest BCUT2D eigenvalue weighted by molar-refractivity contribution is 5.96. The van der Waals surface area contributed by atoms with Gasteiger partial charge in [-0.25, -0.2) is 0 Å². The van der Waals surface area contributed by atoms with E-state index in [2.05, 4.69) is 16.0 Å². The Morgan fingerprint density at radius 2 is 1.38 bits per heavy atom. The zero-order valence-corrected chi connectivity index (χ0v) is 18.0. The van der Waals surface area contributed by atoms with E-state index in [0.29, 0.717) is 19.4 Å². The lowest BCUT2D eigenvalue weighted by atomic mass is 10.1. The summed E-state index contributed by atoms with van der Waals surface area (Å²) in [6, 6.07) is -4.97. The van der Waals surface area contributed by atoms with Crippen LogP contribution >= 0.6 is 0 Å². The predicted octanol–water partition coefficient (Wildman–Crippen LogP) is -3.86. The molecule has 0 aromatic carbocycles. The summed E-state index contributed by atoms with van der Waals surface area (Å²) in [7, 11) is 0. The van der Waals surface area contributed by atoms with Gasteiger partial charge in [-0.05, 0) is 39.2 Å². The summed E-state index contributed by atoms with van der Waals surface area (Å²) in [5, 5.41) is 15.8. The van der Waals surface area contributed by atoms with Crippen molar-refractivity contribution in [1.82, 2.24) is 16.0 Å². The fraction of sp³-hybridized carbons (Fsp3) is 0.667. The molecular formula is C18H33N7O7. The number of hydrogen-bond donors (Lipinski definition) is 8. The molecular weight excluding hydrogens is 426 g/mol. The van der Waals surface area contributed by atoms with Gasteiger partial charge in [0, 0.05) is 6.42 Å². The second kappa shape index (κ2) is 14.7. The topological polar surface area (TPSA) is 263 Å². The molecule has 0 fully saturated rings. The number of rotatable bonds is 16. The van der Waals surface area contributed by atoms with Crippen LogP contribution in [0.5, 0.6) is 0 Å². The normalized spacial score (nSPS) is 14.3. The number of hydrogen-bond acceptors (Lipinski definition) is 8. The molecule has 0 aliphatic heterocycles. The number of carboxylic acid groups (broad SMARTS) is 1. The Hall–Kier alpha value is -3.26. The van der Waals surface area contributed by atoms with Gasteiger partial charge in [-0.3, -0.25) is 28.8 Å². The first-order chi connectivity index (χ1) is 14.9. The molecule has 14 heteroatoms. The SMILES string of the molecule is CC(NC(=O)C(CC(N)=O)NC(=O)C(CCCCN)NC(=O)C(N)CCC(N)=O)C(=O)O. The van der Waals surface area contributed by atoms with E-state index < -0.39 is 66.1 Å². The van der Waals surface area contributed by atoms with Crippen LogP contribution in [0, 0.1) is 0 Å². The van der Waals surface area contributed by atoms with Crippen molar-refractivity contribution in [1.29, 1.82) is 0 Å². The van der Waals surface area contributed by atoms with Gasteiger partial charge in [0.2, 0.25) is 29.5 Å². The zero-order chi connectivity index (χ0) is 24.8. The van der Waals surface area contributed by atoms with E-state index in [4.69, 9.17) is 28.0 Å². The van der Waals surface area contributed by atoms with Gasteiger partial charge in [0.15, 0.2) is 0 Å². The number of nitrogens with one attached hydrogen (secondary N) is 3. The molecule has 0 saturated carbocycles. The van der Waals surface area contributed by atoms with Crippen molar-refractivity contribution in [3.8, 4) is 0 Å². The van der Waals surface area contributed by atoms with Crippen LogP contribution in [0.2, 0.25) is 0 Å². The van der Waals surface area contributed by atoms with Gasteiger partial charge in [0.05, 0.1) is 12.5 Å². The first-order valence-electron chi connectivity index (χ1n) is 10.0. The summed E-state index contributed by atoms with van der Waals surface area (Å²) in [6.07, 6.45) is 0.404. The number of carboxylic acids is 1. The van der Waals surface area contributed by atoms with E-state index >= 15 is 0 Å². The lowest BCUT2D eigenvalue weighted by molar-refractivity contribution is -0.142. The van der Waals surface area contributed by atoms with E-state index in [1.807, 2.05) is 0 Å². The third kappa shape index (κ3) is 11.8. The molecule has 0 aromatic heterocycles. The monoisotopic (exact) mass is 459 g/mol. The molecule has 0 aromatic rings. The third-order valence-electron chi connectivity index (χ3n) is 4.39. The first-order valence-corrected chi connectivity index (χ1v) is 10.0. The minimum absolute atomic E-state index is 0.0297. The number of unbranched alkanes of at least 4 members (excludes halogenated alkanes) is 1. The molecule has 4 atom stereocenters. The second-order valence-electron chi connectivity index (χ2n) is 7.26. The van der Waals surface area contributed by atoms with Crippen molar-refractivity contribution < 1.29 is 33.9 Å². The van der Waals surface area contributed by atoms with Crippen molar-refractivity contribution in [2.75, 3.05) is 6.54 Å². The standard InChI is InChI=1S/C18H33N7O7/c1-9(18(31)32)23-17(30)12(8-14(22)27)25-16(29)11(4-2-3-7-19)24-15(28)10(20)5-6-13(21)26/h9-12H,2-8,19-20H2,1H3,(H2,21,26)(H2,22,27)(H,23,30)(H,24,28)(H,25,29)(H,31,32). The highest BCUT2D eigenvalue weighted by Crippen LogP contribution is 2.05. The van der Waals surface area contributed by atoms with Gasteiger partial charge in [-0.2, -0.15) is 0 Å². The van der Waals surface area contributed by atoms with Crippen LogP contribution in [0.3, 0.4) is 0 Å². The maximum atomic E-state index is 12.8. The van der Waals surface area contributed by atoms with Crippen LogP contribution in [-0.2, 0) is 28.8 Å². The molecule has 182 valence electrons. The van der Waals surface area contributed by atoms with Crippen molar-refractivity contribution in [2.45, 2.75) is 69.6 Å². The highest BCUT2D eigenvalue weighted by atomic mass is 16.4. The third-order valence-corrected chi connectivity index (χ3v) is 4.39. The summed E-state index contributed by atoms with van der Waals surface area (Å²) in [4.78, 5) is 70.5. The number of primary amides is 2. The Morgan fingerprint density at radius 1 is 0.812 bits per heavy atom. The van der Waals surface area contributed by atoms with Gasteiger partial charge in [0.25, 0.3) is 0 Å². The minimum atomic E-state index is -1.46. The highest BCUT2D eigenvalue weighted by Gasteiger charge is 2.30. The number of aliphatic carboxylic acids is 1. The van der Waals surface area contributed by atoms with Crippen molar-refractivity contribution in [3.63, 3.8) is 0 Å². The summed E-state index contributed by atoms with van der Waals surface area (Å²) in [5.41, 5.74) is 21.3. The van der Waals surface area contributed by atoms with E-state index in [1.165, 1.54) is 6.92 Å².